The van der Waals surface area contributed by atoms with Gasteiger partial charge in [0, 0.05) is 19.6 Å². The van der Waals surface area contributed by atoms with Crippen LogP contribution in [0.2, 0.25) is 0 Å². The third-order valence-corrected chi connectivity index (χ3v) is 4.71. The molecule has 3 N–H and O–H groups in total. The molecular weight excluding hydrogens is 258 g/mol. The van der Waals surface area contributed by atoms with Crippen LogP contribution in [0.4, 0.5) is 10.7 Å². The predicted octanol–water partition coefficient (Wildman–Crippen LogP) is 2.71. The zero-order valence-electron chi connectivity index (χ0n) is 12.0. The van der Waals surface area contributed by atoms with Gasteiger partial charge in [0.2, 0.25) is 0 Å². The first kappa shape index (κ1) is 14.2. The Morgan fingerprint density at radius 2 is 2.32 bits per heavy atom. The Labute approximate surface area is 119 Å². The zero-order valence-corrected chi connectivity index (χ0v) is 12.8. The first-order valence-electron chi connectivity index (χ1n) is 6.85. The molecule has 0 aliphatic carbocycles. The highest BCUT2D eigenvalue weighted by Gasteiger charge is 2.28. The van der Waals surface area contributed by atoms with E-state index < -0.39 is 0 Å². The van der Waals surface area contributed by atoms with Gasteiger partial charge in [0.05, 0.1) is 10.7 Å². The molecule has 0 bridgehead atoms. The number of piperidine rings is 1. The number of nitrogens with one attached hydrogen (secondary N) is 1. The fourth-order valence-corrected chi connectivity index (χ4v) is 3.60. The van der Waals surface area contributed by atoms with E-state index in [4.69, 9.17) is 5.73 Å². The lowest BCUT2D eigenvalue weighted by Crippen LogP contribution is -2.39. The fourth-order valence-electron chi connectivity index (χ4n) is 2.58. The minimum atomic E-state index is -0.0625. The van der Waals surface area contributed by atoms with Crippen molar-refractivity contribution in [3.63, 3.8) is 0 Å². The molecule has 5 heteroatoms. The SMILES string of the molecule is CCNC(=O)c1sc(N2CCCC(C)(C)C2)cc1N. The highest BCUT2D eigenvalue weighted by Crippen LogP contribution is 2.37. The van der Waals surface area contributed by atoms with Gasteiger partial charge >= 0.3 is 0 Å². The highest BCUT2D eigenvalue weighted by atomic mass is 32.1. The van der Waals surface area contributed by atoms with Crippen molar-refractivity contribution in [2.75, 3.05) is 30.3 Å². The molecule has 1 aromatic rings. The Bertz CT molecular complexity index is 467. The van der Waals surface area contributed by atoms with Gasteiger partial charge in [0.25, 0.3) is 5.91 Å². The molecule has 0 unspecified atom stereocenters. The van der Waals surface area contributed by atoms with Gasteiger partial charge in [0.1, 0.15) is 4.88 Å². The first-order chi connectivity index (χ1) is 8.93. The van der Waals surface area contributed by atoms with Crippen molar-refractivity contribution in [3.8, 4) is 0 Å². The van der Waals surface area contributed by atoms with Gasteiger partial charge in [0.15, 0.2) is 0 Å². The second kappa shape index (κ2) is 5.41. The van der Waals surface area contributed by atoms with E-state index >= 15 is 0 Å². The van der Waals surface area contributed by atoms with E-state index in [-0.39, 0.29) is 5.91 Å². The van der Waals surface area contributed by atoms with Crippen molar-refractivity contribution in [3.05, 3.63) is 10.9 Å². The van der Waals surface area contributed by atoms with Crippen LogP contribution in [-0.4, -0.2) is 25.5 Å². The summed E-state index contributed by atoms with van der Waals surface area (Å²) in [6.45, 7) is 9.21. The minimum absolute atomic E-state index is 0.0625. The number of carbonyl (C=O) groups is 1. The van der Waals surface area contributed by atoms with E-state index in [1.54, 1.807) is 0 Å². The number of nitrogens with zero attached hydrogens (tertiary/aromatic N) is 1. The van der Waals surface area contributed by atoms with E-state index in [1.165, 1.54) is 24.2 Å². The number of hydrogen-bond acceptors (Lipinski definition) is 4. The van der Waals surface area contributed by atoms with E-state index in [0.29, 0.717) is 22.5 Å². The van der Waals surface area contributed by atoms with Gasteiger partial charge in [-0.3, -0.25) is 4.79 Å². The number of nitrogens with two attached hydrogens (primary N) is 1. The molecule has 4 nitrogen and oxygen atoms in total. The van der Waals surface area contributed by atoms with Crippen LogP contribution in [0, 0.1) is 5.41 Å². The van der Waals surface area contributed by atoms with Crippen molar-refractivity contribution in [1.82, 2.24) is 5.32 Å². The third-order valence-electron chi connectivity index (χ3n) is 3.50. The average molecular weight is 281 g/mol. The van der Waals surface area contributed by atoms with Crippen LogP contribution in [0.5, 0.6) is 0 Å². The molecule has 2 heterocycles. The number of nitrogen functional groups attached to an aromatic ring is 1. The largest absolute Gasteiger partial charge is 0.397 e. The maximum Gasteiger partial charge on any atom is 0.263 e. The Kier molecular flexibility index (Phi) is 4.04. The monoisotopic (exact) mass is 281 g/mol. The lowest BCUT2D eigenvalue weighted by atomic mass is 9.84. The average Bonchev–Trinajstić information content (AvgIpc) is 2.70. The van der Waals surface area contributed by atoms with Crippen LogP contribution in [0.15, 0.2) is 6.07 Å². The maximum atomic E-state index is 11.9. The number of anilines is 2. The standard InChI is InChI=1S/C14H23N3OS/c1-4-16-13(18)12-10(15)8-11(19-12)17-7-5-6-14(2,3)9-17/h8H,4-7,9,15H2,1-3H3,(H,16,18). The third kappa shape index (κ3) is 3.21. The number of amides is 1. The van der Waals surface area contributed by atoms with E-state index in [2.05, 4.69) is 24.1 Å². The Balaban J connectivity index is 2.17. The molecule has 1 fully saturated rings. The summed E-state index contributed by atoms with van der Waals surface area (Å²) in [7, 11) is 0. The highest BCUT2D eigenvalue weighted by molar-refractivity contribution is 7.18. The summed E-state index contributed by atoms with van der Waals surface area (Å²) in [4.78, 5) is 14.9. The van der Waals surface area contributed by atoms with Crippen LogP contribution in [0.1, 0.15) is 43.3 Å². The van der Waals surface area contributed by atoms with Crippen molar-refractivity contribution in [2.24, 2.45) is 5.41 Å². The van der Waals surface area contributed by atoms with Crippen molar-refractivity contribution in [1.29, 1.82) is 0 Å². The van der Waals surface area contributed by atoms with Crippen molar-refractivity contribution < 1.29 is 4.79 Å². The van der Waals surface area contributed by atoms with Gasteiger partial charge < -0.3 is 16.0 Å². The molecule has 0 radical (unpaired) electrons. The topological polar surface area (TPSA) is 58.4 Å². The van der Waals surface area contributed by atoms with Crippen molar-refractivity contribution in [2.45, 2.75) is 33.6 Å². The second-order valence-electron chi connectivity index (χ2n) is 5.92. The second-order valence-corrected chi connectivity index (χ2v) is 6.95. The minimum Gasteiger partial charge on any atom is -0.397 e. The zero-order chi connectivity index (χ0) is 14.0. The summed E-state index contributed by atoms with van der Waals surface area (Å²) in [5.41, 5.74) is 6.90. The first-order valence-corrected chi connectivity index (χ1v) is 7.67. The Morgan fingerprint density at radius 1 is 1.58 bits per heavy atom. The normalized spacial score (nSPS) is 18.4. The molecule has 1 amide bonds. The molecule has 0 spiro atoms. The van der Waals surface area contributed by atoms with E-state index in [0.717, 1.165) is 18.1 Å². The number of rotatable bonds is 3. The smallest absolute Gasteiger partial charge is 0.263 e. The fraction of sp³-hybridized carbons (Fsp3) is 0.643. The summed E-state index contributed by atoms with van der Waals surface area (Å²) >= 11 is 1.50. The van der Waals surface area contributed by atoms with E-state index in [1.807, 2.05) is 13.0 Å². The predicted molar refractivity (Wildman–Crippen MR) is 82.0 cm³/mol. The van der Waals surface area contributed by atoms with Gasteiger partial charge in [-0.15, -0.1) is 11.3 Å². The van der Waals surface area contributed by atoms with Gasteiger partial charge in [-0.25, -0.2) is 0 Å². The molecule has 19 heavy (non-hydrogen) atoms. The van der Waals surface area contributed by atoms with Crippen molar-refractivity contribution >= 4 is 27.9 Å². The van der Waals surface area contributed by atoms with Gasteiger partial charge in [-0.05, 0) is 31.2 Å². The lowest BCUT2D eigenvalue weighted by molar-refractivity contribution is 0.0960. The van der Waals surface area contributed by atoms with Gasteiger partial charge in [-0.2, -0.15) is 0 Å². The molecule has 0 aromatic carbocycles. The van der Waals surface area contributed by atoms with Crippen LogP contribution in [0.25, 0.3) is 0 Å². The molecule has 2 rings (SSSR count). The summed E-state index contributed by atoms with van der Waals surface area (Å²) < 4.78 is 0. The Morgan fingerprint density at radius 3 is 2.95 bits per heavy atom. The Hall–Kier alpha value is -1.23. The molecular formula is C14H23N3OS. The molecule has 0 atom stereocenters. The van der Waals surface area contributed by atoms with Crippen LogP contribution in [0.3, 0.4) is 0 Å². The number of thiophene rings is 1. The van der Waals surface area contributed by atoms with Gasteiger partial charge in [-0.1, -0.05) is 13.8 Å². The summed E-state index contributed by atoms with van der Waals surface area (Å²) in [5, 5.41) is 3.93. The van der Waals surface area contributed by atoms with Crippen LogP contribution >= 0.6 is 11.3 Å². The summed E-state index contributed by atoms with van der Waals surface area (Å²) in [6, 6.07) is 1.94. The van der Waals surface area contributed by atoms with Crippen LogP contribution in [-0.2, 0) is 0 Å². The molecule has 106 valence electrons. The maximum absolute atomic E-state index is 11.9. The quantitative estimate of drug-likeness (QED) is 0.895. The molecule has 1 aromatic heterocycles. The van der Waals surface area contributed by atoms with Crippen LogP contribution < -0.4 is 16.0 Å². The molecule has 0 saturated carbocycles. The summed E-state index contributed by atoms with van der Waals surface area (Å²) in [6.07, 6.45) is 2.45. The lowest BCUT2D eigenvalue weighted by Gasteiger charge is -2.38. The number of carbonyl (C=O) groups excluding carboxylic acids is 1. The molecule has 1 aliphatic heterocycles. The summed E-state index contributed by atoms with van der Waals surface area (Å²) in [5.74, 6) is -0.0625. The number of hydrogen-bond donors (Lipinski definition) is 2. The molecule has 1 saturated heterocycles. The molecule has 1 aliphatic rings. The van der Waals surface area contributed by atoms with E-state index in [9.17, 15) is 4.79 Å².